The van der Waals surface area contributed by atoms with Gasteiger partial charge in [-0.05, 0) is 62.2 Å². The third-order valence-electron chi connectivity index (χ3n) is 10.1. The topological polar surface area (TPSA) is 152 Å². The van der Waals surface area contributed by atoms with E-state index in [4.69, 9.17) is 9.47 Å². The minimum Gasteiger partial charge on any atom is -0.469 e. The molecule has 4 aromatic rings. The Bertz CT molecular complexity index is 1870. The van der Waals surface area contributed by atoms with Gasteiger partial charge in [-0.15, -0.1) is 5.10 Å². The van der Waals surface area contributed by atoms with Gasteiger partial charge < -0.3 is 33.9 Å². The monoisotopic (exact) mass is 704 g/mol. The van der Waals surface area contributed by atoms with Crippen LogP contribution in [0.4, 0.5) is 15.5 Å². The third kappa shape index (κ3) is 6.83. The first-order chi connectivity index (χ1) is 24.0. The van der Waals surface area contributed by atoms with Gasteiger partial charge in [-0.25, -0.2) is 0 Å². The van der Waals surface area contributed by atoms with Gasteiger partial charge in [0.05, 0.1) is 31.0 Å². The third-order valence-corrected chi connectivity index (χ3v) is 12.6. The lowest BCUT2D eigenvalue weighted by atomic mass is 9.82. The minimum atomic E-state index is -3.41. The molecule has 4 atom stereocenters. The van der Waals surface area contributed by atoms with Gasteiger partial charge in [0.2, 0.25) is 14.3 Å². The molecule has 2 aliphatic heterocycles. The van der Waals surface area contributed by atoms with Crippen LogP contribution in [0.25, 0.3) is 10.9 Å². The van der Waals surface area contributed by atoms with Crippen molar-refractivity contribution < 1.29 is 33.1 Å². The summed E-state index contributed by atoms with van der Waals surface area (Å²) in [4.78, 5) is 44.7. The molecule has 50 heavy (non-hydrogen) atoms. The van der Waals surface area contributed by atoms with Crippen LogP contribution in [0, 0.1) is 5.92 Å². The molecule has 2 aromatic heterocycles. The zero-order valence-electron chi connectivity index (χ0n) is 28.9. The Morgan fingerprint density at radius 2 is 1.98 bits per heavy atom. The first kappa shape index (κ1) is 35.4. The summed E-state index contributed by atoms with van der Waals surface area (Å²) in [6.45, 7) is 5.91. The van der Waals surface area contributed by atoms with Crippen molar-refractivity contribution in [1.29, 1.82) is 0 Å². The molecule has 2 aliphatic rings. The second-order valence-corrected chi connectivity index (χ2v) is 17.6. The lowest BCUT2D eigenvalue weighted by Gasteiger charge is -2.31. The molecule has 1 fully saturated rings. The van der Waals surface area contributed by atoms with Crippen LogP contribution in [0.3, 0.4) is 0 Å². The highest BCUT2D eigenvalue weighted by Gasteiger charge is 2.66. The molecule has 0 radical (unpaired) electrons. The van der Waals surface area contributed by atoms with Crippen LogP contribution in [0.5, 0.6) is 0 Å². The number of unbranched alkanes of at least 4 members (excludes halogenated alkanes) is 1. The van der Waals surface area contributed by atoms with Crippen LogP contribution < -0.4 is 10.2 Å². The molecule has 6 rings (SSSR count). The zero-order valence-corrected chi connectivity index (χ0v) is 29.9. The lowest BCUT2D eigenvalue weighted by Crippen LogP contribution is -2.45. The first-order valence-corrected chi connectivity index (χ1v) is 20.2. The van der Waals surface area contributed by atoms with Gasteiger partial charge in [0.1, 0.15) is 0 Å². The second-order valence-electron chi connectivity index (χ2n) is 13.8. The molecule has 0 unspecified atom stereocenters. The quantitative estimate of drug-likeness (QED) is 0.0716. The number of hydrogen-bond acceptors (Lipinski definition) is 8. The van der Waals surface area contributed by atoms with Crippen molar-refractivity contribution in [1.82, 2.24) is 20.0 Å². The van der Waals surface area contributed by atoms with Gasteiger partial charge in [0.15, 0.2) is 5.60 Å². The zero-order chi connectivity index (χ0) is 35.6. The van der Waals surface area contributed by atoms with Gasteiger partial charge >= 0.3 is 5.97 Å². The number of nitrogens with one attached hydrogen (secondary N) is 2. The highest BCUT2D eigenvalue weighted by Crippen LogP contribution is 2.60. The Morgan fingerprint density at radius 1 is 1.18 bits per heavy atom. The number of esters is 1. The number of aliphatic hydroxyl groups excluding tert-OH is 1. The molecule has 266 valence electrons. The molecule has 2 amide bonds. The van der Waals surface area contributed by atoms with Crippen LogP contribution in [0.2, 0.25) is 18.6 Å². The number of hydrogen-bond donors (Lipinski definition) is 3. The normalized spacial score (nSPS) is 21.7. The summed E-state index contributed by atoms with van der Waals surface area (Å²) in [6, 6.07) is 13.2. The number of fused-ring (bicyclic) bond motifs is 3. The molecule has 3 N–H and O–H groups in total. The molecular weight excluding hydrogens is 660 g/mol. The summed E-state index contributed by atoms with van der Waals surface area (Å²) >= 11 is 0. The largest absolute Gasteiger partial charge is 0.469 e. The van der Waals surface area contributed by atoms with Crippen molar-refractivity contribution in [3.05, 3.63) is 71.7 Å². The molecule has 0 saturated carbocycles. The molecule has 2 aromatic carbocycles. The number of aromatic amines is 1. The van der Waals surface area contributed by atoms with Crippen molar-refractivity contribution in [2.75, 3.05) is 30.5 Å². The van der Waals surface area contributed by atoms with Crippen LogP contribution in [-0.2, 0) is 48.8 Å². The predicted octanol–water partition coefficient (Wildman–Crippen LogP) is 5.03. The number of amides is 2. The van der Waals surface area contributed by atoms with Gasteiger partial charge in [-0.1, -0.05) is 30.3 Å². The summed E-state index contributed by atoms with van der Waals surface area (Å²) in [6.07, 6.45) is 5.26. The molecule has 0 aliphatic carbocycles. The van der Waals surface area contributed by atoms with Crippen molar-refractivity contribution in [2.45, 2.75) is 82.3 Å². The smallest absolute Gasteiger partial charge is 0.305 e. The Morgan fingerprint density at radius 3 is 2.74 bits per heavy atom. The number of carbonyl (C=O) groups excluding carboxylic acids is 3. The van der Waals surface area contributed by atoms with Crippen LogP contribution >= 0.6 is 0 Å². The number of rotatable bonds is 14. The number of nitrogens with zero attached hydrogens (tertiary/aromatic N) is 4. The Labute approximate surface area is 291 Å². The highest BCUT2D eigenvalue weighted by molar-refractivity contribution is 6.72. The number of methoxy groups -OCH3 is 1. The number of aryl methyl sites for hydroxylation is 1. The fourth-order valence-corrected chi connectivity index (χ4v) is 10.4. The first-order valence-electron chi connectivity index (χ1n) is 17.2. The molecule has 14 heteroatoms. The fraction of sp³-hybridized carbons (Fsp3) is 0.472. The van der Waals surface area contributed by atoms with E-state index in [1.54, 1.807) is 41.0 Å². The van der Waals surface area contributed by atoms with E-state index in [2.05, 4.69) is 20.6 Å². The van der Waals surface area contributed by atoms with E-state index in [1.165, 1.54) is 7.11 Å². The summed E-state index contributed by atoms with van der Waals surface area (Å²) in [7, 11) is -2.06. The number of benzene rings is 2. The summed E-state index contributed by atoms with van der Waals surface area (Å²) in [5, 5.41) is 21.5. The maximum absolute atomic E-state index is 16.3. The van der Waals surface area contributed by atoms with Gasteiger partial charge in [-0.2, -0.15) is 0 Å². The summed E-state index contributed by atoms with van der Waals surface area (Å²) < 4.78 is 29.6. The number of anilines is 2. The van der Waals surface area contributed by atoms with E-state index in [0.29, 0.717) is 61.4 Å². The average molecular weight is 705 g/mol. The van der Waals surface area contributed by atoms with Crippen LogP contribution in [-0.4, -0.2) is 77.6 Å². The summed E-state index contributed by atoms with van der Waals surface area (Å²) in [5.74, 6) is -1.30. The number of H-pyrrole nitrogens is 1. The average Bonchev–Trinajstić information content (AvgIpc) is 3.83. The SMILES string of the molecule is COC(=O)CCCCN1C(=O)[C@@]2(O[C@@H](CCn3cc(CCO)nn3)[C@H]([Si](C)(C)F)[C@H]2C)c2cc(NC(=O)Cc3c[nH]c4ccccc34)ccc21. The van der Waals surface area contributed by atoms with E-state index < -0.39 is 31.6 Å². The minimum absolute atomic E-state index is 0.0413. The molecule has 12 nitrogen and oxygen atoms in total. The van der Waals surface area contributed by atoms with E-state index in [1.807, 2.05) is 43.5 Å². The number of aromatic nitrogens is 4. The molecule has 0 bridgehead atoms. The molecular formula is C36H45FN6O6Si. The standard InChI is InChI=1S/C36H45FN6O6Si/c1-23-34(50(3,4)37)31(14-17-42-22-26(15-18-44)40-41-42)49-36(23)28-20-25(39-32(45)19-24-21-38-29-10-6-5-9-27(24)29)12-13-30(28)43(35(36)47)16-8-7-11-33(46)48-2/h5-6,9-10,12-13,20-23,31,34,38,44H,7-8,11,14-19H2,1-4H3,(H,39,45)/t23-,31+,34-,36+/m1/s1. The molecule has 1 saturated heterocycles. The number of aliphatic hydroxyl groups is 1. The Balaban J connectivity index is 1.30. The Hall–Kier alpha value is -4.40. The number of halogens is 1. The van der Waals surface area contributed by atoms with Gasteiger partial charge in [0.25, 0.3) is 5.91 Å². The maximum Gasteiger partial charge on any atom is 0.305 e. The number of carbonyl (C=O) groups is 3. The van der Waals surface area contributed by atoms with Gasteiger partial charge in [-0.3, -0.25) is 19.1 Å². The fourth-order valence-electron chi connectivity index (χ4n) is 7.85. The number of para-hydroxylation sites is 1. The second kappa shape index (κ2) is 14.4. The van der Waals surface area contributed by atoms with Crippen LogP contribution in [0.1, 0.15) is 49.4 Å². The van der Waals surface area contributed by atoms with Gasteiger partial charge in [0, 0.05) is 78.5 Å². The predicted molar refractivity (Wildman–Crippen MR) is 189 cm³/mol. The van der Waals surface area contributed by atoms with E-state index in [0.717, 1.165) is 16.5 Å². The van der Waals surface area contributed by atoms with E-state index in [-0.39, 0.29) is 37.2 Å². The molecule has 1 spiro atoms. The van der Waals surface area contributed by atoms with E-state index in [9.17, 15) is 19.5 Å². The Kier molecular flexibility index (Phi) is 10.2. The van der Waals surface area contributed by atoms with Crippen LogP contribution in [0.15, 0.2) is 54.9 Å². The maximum atomic E-state index is 16.3. The van der Waals surface area contributed by atoms with Crippen molar-refractivity contribution in [3.63, 3.8) is 0 Å². The van der Waals surface area contributed by atoms with E-state index >= 15 is 4.11 Å². The molecule has 4 heterocycles. The number of ether oxygens (including phenoxy) is 2. The summed E-state index contributed by atoms with van der Waals surface area (Å²) in [5.41, 5.74) is 2.26. The highest BCUT2D eigenvalue weighted by atomic mass is 28.4. The van der Waals surface area contributed by atoms with Crippen molar-refractivity contribution in [2.24, 2.45) is 5.92 Å². The van der Waals surface area contributed by atoms with Crippen molar-refractivity contribution >= 4 is 48.5 Å². The lowest BCUT2D eigenvalue weighted by molar-refractivity contribution is -0.146. The van der Waals surface area contributed by atoms with Crippen molar-refractivity contribution in [3.8, 4) is 0 Å².